The maximum absolute atomic E-state index is 12.4. The highest BCUT2D eigenvalue weighted by atomic mass is 19.3. The molecule has 1 fully saturated rings. The van der Waals surface area contributed by atoms with Crippen LogP contribution in [0.4, 0.5) is 14.5 Å². The minimum Gasteiger partial charge on any atom is -0.435 e. The Kier molecular flexibility index (Phi) is 5.22. The quantitative estimate of drug-likeness (QED) is 0.864. The van der Waals surface area contributed by atoms with Gasteiger partial charge in [-0.3, -0.25) is 4.79 Å². The highest BCUT2D eigenvalue weighted by Crippen LogP contribution is 2.22. The predicted molar refractivity (Wildman–Crippen MR) is 86.9 cm³/mol. The maximum Gasteiger partial charge on any atom is 0.387 e. The van der Waals surface area contributed by atoms with Gasteiger partial charge in [0.1, 0.15) is 5.75 Å². The molecule has 0 unspecified atom stereocenters. The number of hydrogen-bond donors (Lipinski definition) is 2. The summed E-state index contributed by atoms with van der Waals surface area (Å²) >= 11 is 0. The molecule has 1 amide bonds. The third-order valence-electron chi connectivity index (χ3n) is 4.13. The van der Waals surface area contributed by atoms with Crippen LogP contribution in [0, 0.1) is 6.92 Å². The van der Waals surface area contributed by atoms with Crippen molar-refractivity contribution < 1.29 is 18.3 Å². The Morgan fingerprint density at radius 1 is 1.32 bits per heavy atom. The van der Waals surface area contributed by atoms with Gasteiger partial charge in [-0.1, -0.05) is 5.21 Å². The van der Waals surface area contributed by atoms with Gasteiger partial charge in [-0.25, -0.2) is 4.68 Å². The first-order valence-electron chi connectivity index (χ1n) is 8.03. The van der Waals surface area contributed by atoms with E-state index in [4.69, 9.17) is 0 Å². The fourth-order valence-corrected chi connectivity index (χ4v) is 2.86. The second-order valence-electron chi connectivity index (χ2n) is 5.81. The number of amides is 1. The topological polar surface area (TPSA) is 81.1 Å². The Bertz CT molecular complexity index is 727. The molecule has 1 aliphatic rings. The van der Waals surface area contributed by atoms with Crippen LogP contribution in [-0.2, 0) is 0 Å². The second-order valence-corrected chi connectivity index (χ2v) is 5.81. The first kappa shape index (κ1) is 17.3. The number of nitrogens with zero attached hydrogens (tertiary/aromatic N) is 3. The molecule has 1 saturated heterocycles. The summed E-state index contributed by atoms with van der Waals surface area (Å²) in [7, 11) is 0. The van der Waals surface area contributed by atoms with Crippen LogP contribution in [0.1, 0.15) is 35.1 Å². The largest absolute Gasteiger partial charge is 0.435 e. The molecule has 0 bridgehead atoms. The van der Waals surface area contributed by atoms with Crippen LogP contribution in [0.15, 0.2) is 24.3 Å². The zero-order valence-electron chi connectivity index (χ0n) is 13.7. The van der Waals surface area contributed by atoms with Crippen LogP contribution in [0.2, 0.25) is 0 Å². The molecule has 1 aromatic carbocycles. The van der Waals surface area contributed by atoms with E-state index < -0.39 is 6.61 Å². The highest BCUT2D eigenvalue weighted by molar-refractivity contribution is 6.03. The van der Waals surface area contributed by atoms with Gasteiger partial charge < -0.3 is 15.4 Å². The van der Waals surface area contributed by atoms with Crippen LogP contribution >= 0.6 is 0 Å². The SMILES string of the molecule is Cc1c(C(=O)Nc2ccc(OC(F)F)cc2)nnn1C1CCNCC1. The van der Waals surface area contributed by atoms with E-state index in [1.807, 2.05) is 6.92 Å². The standard InChI is InChI=1S/C16H19F2N5O2/c1-10-14(21-22-23(10)12-6-8-19-9-7-12)15(24)20-11-2-4-13(5-3-11)25-16(17)18/h2-5,12,16,19H,6-9H2,1H3,(H,20,24). The Morgan fingerprint density at radius 3 is 2.64 bits per heavy atom. The summed E-state index contributed by atoms with van der Waals surface area (Å²) in [5, 5.41) is 14.1. The van der Waals surface area contributed by atoms with E-state index in [1.54, 1.807) is 4.68 Å². The van der Waals surface area contributed by atoms with Crippen LogP contribution in [0.3, 0.4) is 0 Å². The minimum absolute atomic E-state index is 0.0287. The van der Waals surface area contributed by atoms with Gasteiger partial charge in [0.2, 0.25) is 0 Å². The first-order chi connectivity index (χ1) is 12.0. The molecule has 1 aromatic heterocycles. The summed E-state index contributed by atoms with van der Waals surface area (Å²) in [6.07, 6.45) is 1.88. The van der Waals surface area contributed by atoms with Crippen molar-refractivity contribution in [3.8, 4) is 5.75 Å². The Morgan fingerprint density at radius 2 is 2.00 bits per heavy atom. The summed E-state index contributed by atoms with van der Waals surface area (Å²) in [6, 6.07) is 5.94. The third-order valence-corrected chi connectivity index (χ3v) is 4.13. The van der Waals surface area contributed by atoms with Crippen molar-refractivity contribution in [2.45, 2.75) is 32.4 Å². The fourth-order valence-electron chi connectivity index (χ4n) is 2.86. The van der Waals surface area contributed by atoms with Gasteiger partial charge in [0.05, 0.1) is 11.7 Å². The molecule has 2 N–H and O–H groups in total. The van der Waals surface area contributed by atoms with Crippen molar-refractivity contribution in [2.75, 3.05) is 18.4 Å². The van der Waals surface area contributed by atoms with Crippen molar-refractivity contribution in [1.29, 1.82) is 0 Å². The van der Waals surface area contributed by atoms with Gasteiger partial charge in [-0.15, -0.1) is 5.10 Å². The van der Waals surface area contributed by atoms with Crippen LogP contribution in [0.25, 0.3) is 0 Å². The van der Waals surface area contributed by atoms with E-state index in [0.717, 1.165) is 25.9 Å². The van der Waals surface area contributed by atoms with Crippen LogP contribution < -0.4 is 15.4 Å². The molecule has 7 nitrogen and oxygen atoms in total. The van der Waals surface area contributed by atoms with E-state index in [2.05, 4.69) is 25.7 Å². The molecule has 25 heavy (non-hydrogen) atoms. The summed E-state index contributed by atoms with van der Waals surface area (Å²) < 4.78 is 30.4. The van der Waals surface area contributed by atoms with Gasteiger partial charge in [0, 0.05) is 5.69 Å². The highest BCUT2D eigenvalue weighted by Gasteiger charge is 2.23. The molecular weight excluding hydrogens is 332 g/mol. The predicted octanol–water partition coefficient (Wildman–Crippen LogP) is 2.36. The maximum atomic E-state index is 12.4. The number of rotatable bonds is 5. The average Bonchev–Trinajstić information content (AvgIpc) is 2.98. The van der Waals surface area contributed by atoms with Crippen molar-refractivity contribution in [3.05, 3.63) is 35.7 Å². The lowest BCUT2D eigenvalue weighted by Crippen LogP contribution is -2.30. The van der Waals surface area contributed by atoms with Gasteiger partial charge in [-0.05, 0) is 57.1 Å². The summed E-state index contributed by atoms with van der Waals surface area (Å²) in [4.78, 5) is 12.4. The molecule has 0 aliphatic carbocycles. The number of nitrogens with one attached hydrogen (secondary N) is 2. The number of anilines is 1. The van der Waals surface area contributed by atoms with E-state index in [0.29, 0.717) is 11.4 Å². The van der Waals surface area contributed by atoms with Crippen molar-refractivity contribution in [2.24, 2.45) is 0 Å². The number of aromatic nitrogens is 3. The monoisotopic (exact) mass is 351 g/mol. The number of ether oxygens (including phenoxy) is 1. The summed E-state index contributed by atoms with van der Waals surface area (Å²) in [5.74, 6) is -0.360. The molecule has 0 saturated carbocycles. The van der Waals surface area contributed by atoms with Gasteiger partial charge >= 0.3 is 6.61 Å². The smallest absolute Gasteiger partial charge is 0.387 e. The minimum atomic E-state index is -2.88. The summed E-state index contributed by atoms with van der Waals surface area (Å²) in [5.41, 5.74) is 1.43. The van der Waals surface area contributed by atoms with E-state index in [-0.39, 0.29) is 23.4 Å². The number of piperidine rings is 1. The van der Waals surface area contributed by atoms with Crippen LogP contribution in [0.5, 0.6) is 5.75 Å². The number of hydrogen-bond acceptors (Lipinski definition) is 5. The normalized spacial score (nSPS) is 15.4. The zero-order valence-corrected chi connectivity index (χ0v) is 13.7. The Labute approximate surface area is 143 Å². The molecule has 2 heterocycles. The van der Waals surface area contributed by atoms with E-state index in [9.17, 15) is 13.6 Å². The van der Waals surface area contributed by atoms with Gasteiger partial charge in [0.25, 0.3) is 5.91 Å². The lowest BCUT2D eigenvalue weighted by atomic mass is 10.1. The molecule has 9 heteroatoms. The fraction of sp³-hybridized carbons (Fsp3) is 0.438. The number of benzene rings is 1. The number of halogens is 2. The molecular formula is C16H19F2N5O2. The van der Waals surface area contributed by atoms with Crippen molar-refractivity contribution in [1.82, 2.24) is 20.3 Å². The molecule has 0 atom stereocenters. The Balaban J connectivity index is 1.68. The zero-order chi connectivity index (χ0) is 17.8. The Hall–Kier alpha value is -2.55. The molecule has 0 spiro atoms. The first-order valence-corrected chi connectivity index (χ1v) is 8.03. The molecule has 1 aliphatic heterocycles. The lowest BCUT2D eigenvalue weighted by Gasteiger charge is -2.23. The van der Waals surface area contributed by atoms with E-state index >= 15 is 0 Å². The molecule has 134 valence electrons. The molecule has 0 radical (unpaired) electrons. The average molecular weight is 351 g/mol. The second kappa shape index (κ2) is 7.56. The third kappa shape index (κ3) is 4.11. The molecule has 3 rings (SSSR count). The number of carbonyl (C=O) groups excluding carboxylic acids is 1. The molecule has 2 aromatic rings. The van der Waals surface area contributed by atoms with Crippen molar-refractivity contribution >= 4 is 11.6 Å². The van der Waals surface area contributed by atoms with Gasteiger partial charge in [-0.2, -0.15) is 8.78 Å². The van der Waals surface area contributed by atoms with Crippen LogP contribution in [-0.4, -0.2) is 40.6 Å². The summed E-state index contributed by atoms with van der Waals surface area (Å²) in [6.45, 7) is 0.765. The van der Waals surface area contributed by atoms with Crippen molar-refractivity contribution in [3.63, 3.8) is 0 Å². The van der Waals surface area contributed by atoms with Gasteiger partial charge in [0.15, 0.2) is 5.69 Å². The number of alkyl halides is 2. The lowest BCUT2D eigenvalue weighted by molar-refractivity contribution is -0.0498. The van der Waals surface area contributed by atoms with E-state index in [1.165, 1.54) is 24.3 Å². The number of carbonyl (C=O) groups is 1.